The topological polar surface area (TPSA) is 102 Å². The number of nitrogens with one attached hydrogen (secondary N) is 2. The maximum absolute atomic E-state index is 13.1. The Labute approximate surface area is 190 Å². The molecule has 33 heavy (non-hydrogen) atoms. The molecule has 1 amide bonds. The van der Waals surface area contributed by atoms with E-state index < -0.39 is 33.8 Å². The van der Waals surface area contributed by atoms with Crippen molar-refractivity contribution in [2.24, 2.45) is 0 Å². The third-order valence-electron chi connectivity index (χ3n) is 4.97. The predicted octanol–water partition coefficient (Wildman–Crippen LogP) is 3.80. The molecule has 3 aromatic carbocycles. The third-order valence-corrected chi connectivity index (χ3v) is 6.34. The first-order valence-electron chi connectivity index (χ1n) is 10.3. The van der Waals surface area contributed by atoms with E-state index in [9.17, 15) is 22.4 Å². The Balaban J connectivity index is 1.54. The van der Waals surface area contributed by atoms with Gasteiger partial charge in [0.15, 0.2) is 0 Å². The van der Waals surface area contributed by atoms with Gasteiger partial charge in [0.1, 0.15) is 5.82 Å². The highest BCUT2D eigenvalue weighted by molar-refractivity contribution is 7.92. The van der Waals surface area contributed by atoms with E-state index in [1.807, 2.05) is 0 Å². The lowest BCUT2D eigenvalue weighted by molar-refractivity contribution is -0.130. The summed E-state index contributed by atoms with van der Waals surface area (Å²) < 4.78 is 46.4. The van der Waals surface area contributed by atoms with Crippen LogP contribution in [0.5, 0.6) is 0 Å². The number of benzene rings is 3. The van der Waals surface area contributed by atoms with Gasteiger partial charge < -0.3 is 10.1 Å². The molecule has 0 saturated heterocycles. The molecule has 1 unspecified atom stereocenters. The van der Waals surface area contributed by atoms with Crippen LogP contribution in [-0.2, 0) is 19.6 Å². The number of esters is 1. The van der Waals surface area contributed by atoms with Gasteiger partial charge in [0.05, 0.1) is 10.5 Å². The Hall–Kier alpha value is -3.72. The van der Waals surface area contributed by atoms with Crippen LogP contribution >= 0.6 is 0 Å². The molecule has 170 valence electrons. The van der Waals surface area contributed by atoms with Crippen molar-refractivity contribution in [1.82, 2.24) is 5.32 Å². The summed E-state index contributed by atoms with van der Waals surface area (Å²) in [5, 5.41) is 2.83. The molecule has 0 spiro atoms. The van der Waals surface area contributed by atoms with Crippen LogP contribution in [0.4, 0.5) is 10.1 Å². The lowest BCUT2D eigenvalue weighted by Gasteiger charge is -2.18. The predicted molar refractivity (Wildman–Crippen MR) is 119 cm³/mol. The van der Waals surface area contributed by atoms with Gasteiger partial charge in [0, 0.05) is 17.3 Å². The molecule has 0 radical (unpaired) electrons. The number of sulfonamides is 1. The van der Waals surface area contributed by atoms with Crippen LogP contribution in [0.25, 0.3) is 0 Å². The van der Waals surface area contributed by atoms with Gasteiger partial charge in [0.25, 0.3) is 15.9 Å². The van der Waals surface area contributed by atoms with Crippen molar-refractivity contribution in [2.45, 2.75) is 29.9 Å². The molecule has 0 aliphatic heterocycles. The highest BCUT2D eigenvalue weighted by Gasteiger charge is 2.31. The Morgan fingerprint density at radius 2 is 1.64 bits per heavy atom. The summed E-state index contributed by atoms with van der Waals surface area (Å²) in [5.74, 6) is -1.77. The van der Waals surface area contributed by atoms with Crippen LogP contribution in [0.2, 0.25) is 0 Å². The maximum Gasteiger partial charge on any atom is 0.339 e. The summed E-state index contributed by atoms with van der Waals surface area (Å²) in [6, 6.07) is 18.8. The highest BCUT2D eigenvalue weighted by atomic mass is 32.2. The average molecular weight is 469 g/mol. The van der Waals surface area contributed by atoms with Crippen molar-refractivity contribution in [3.8, 4) is 0 Å². The number of carbonyl (C=O) groups excluding carboxylic acids is 2. The standard InChI is InChI=1S/C24H21FN2O5S/c25-18-9-11-20(12-10-18)27-33(30,31)21-8-4-7-17(15-21)24(29)32-22(16-5-2-1-3-6-16)23(28)26-19-13-14-19/h1-12,15,19,22,27H,13-14H2,(H,26,28). The van der Waals surface area contributed by atoms with Crippen molar-refractivity contribution < 1.29 is 27.1 Å². The number of hydrogen-bond acceptors (Lipinski definition) is 5. The molecular formula is C24H21FN2O5S. The molecule has 9 heteroatoms. The molecule has 0 aromatic heterocycles. The van der Waals surface area contributed by atoms with Gasteiger partial charge in [-0.05, 0) is 55.3 Å². The number of amides is 1. The Kier molecular flexibility index (Phi) is 6.41. The maximum atomic E-state index is 13.1. The van der Waals surface area contributed by atoms with Crippen LogP contribution in [0, 0.1) is 5.82 Å². The first-order valence-corrected chi connectivity index (χ1v) is 11.7. The number of hydrogen-bond donors (Lipinski definition) is 2. The Bertz CT molecular complexity index is 1260. The van der Waals surface area contributed by atoms with Crippen LogP contribution in [0.3, 0.4) is 0 Å². The minimum atomic E-state index is -4.05. The van der Waals surface area contributed by atoms with E-state index in [1.54, 1.807) is 30.3 Å². The fourth-order valence-electron chi connectivity index (χ4n) is 3.10. The number of rotatable bonds is 8. The summed E-state index contributed by atoms with van der Waals surface area (Å²) >= 11 is 0. The minimum Gasteiger partial charge on any atom is -0.444 e. The summed E-state index contributed by atoms with van der Waals surface area (Å²) in [6.45, 7) is 0. The molecule has 3 aromatic rings. The first-order chi connectivity index (χ1) is 15.8. The van der Waals surface area contributed by atoms with Gasteiger partial charge in [-0.25, -0.2) is 17.6 Å². The normalized spacial score (nSPS) is 14.2. The zero-order chi connectivity index (χ0) is 23.4. The monoisotopic (exact) mass is 468 g/mol. The molecule has 0 heterocycles. The summed E-state index contributed by atoms with van der Waals surface area (Å²) in [6.07, 6.45) is 0.585. The van der Waals surface area contributed by atoms with E-state index in [4.69, 9.17) is 4.74 Å². The highest BCUT2D eigenvalue weighted by Crippen LogP contribution is 2.25. The van der Waals surface area contributed by atoms with Crippen molar-refractivity contribution in [3.63, 3.8) is 0 Å². The molecular weight excluding hydrogens is 447 g/mol. The van der Waals surface area contributed by atoms with E-state index in [2.05, 4.69) is 10.0 Å². The number of anilines is 1. The molecule has 7 nitrogen and oxygen atoms in total. The van der Waals surface area contributed by atoms with E-state index in [0.29, 0.717) is 5.56 Å². The molecule has 1 fully saturated rings. The lowest BCUT2D eigenvalue weighted by atomic mass is 10.1. The number of ether oxygens (including phenoxy) is 1. The number of halogens is 1. The zero-order valence-electron chi connectivity index (χ0n) is 17.4. The second-order valence-electron chi connectivity index (χ2n) is 7.62. The van der Waals surface area contributed by atoms with Gasteiger partial charge in [-0.15, -0.1) is 0 Å². The lowest BCUT2D eigenvalue weighted by Crippen LogP contribution is -2.33. The van der Waals surface area contributed by atoms with E-state index in [1.165, 1.54) is 30.3 Å². The van der Waals surface area contributed by atoms with Crippen molar-refractivity contribution in [3.05, 3.63) is 95.8 Å². The van der Waals surface area contributed by atoms with E-state index >= 15 is 0 Å². The molecule has 1 atom stereocenters. The van der Waals surface area contributed by atoms with Crippen molar-refractivity contribution >= 4 is 27.6 Å². The van der Waals surface area contributed by atoms with Crippen molar-refractivity contribution in [2.75, 3.05) is 4.72 Å². The zero-order valence-corrected chi connectivity index (χ0v) is 18.2. The Morgan fingerprint density at radius 3 is 2.30 bits per heavy atom. The van der Waals surface area contributed by atoms with Crippen LogP contribution in [0.1, 0.15) is 34.9 Å². The molecule has 1 saturated carbocycles. The molecule has 0 bridgehead atoms. The molecule has 1 aliphatic carbocycles. The fourth-order valence-corrected chi connectivity index (χ4v) is 4.21. The second-order valence-corrected chi connectivity index (χ2v) is 9.30. The van der Waals surface area contributed by atoms with Gasteiger partial charge in [-0.1, -0.05) is 36.4 Å². The van der Waals surface area contributed by atoms with Gasteiger partial charge >= 0.3 is 5.97 Å². The molecule has 2 N–H and O–H groups in total. The summed E-state index contributed by atoms with van der Waals surface area (Å²) in [7, 11) is -4.05. The van der Waals surface area contributed by atoms with Gasteiger partial charge in [-0.3, -0.25) is 9.52 Å². The minimum absolute atomic E-state index is 0.0304. The summed E-state index contributed by atoms with van der Waals surface area (Å²) in [4.78, 5) is 25.4. The van der Waals surface area contributed by atoms with Crippen molar-refractivity contribution in [1.29, 1.82) is 0 Å². The van der Waals surface area contributed by atoms with Crippen LogP contribution in [-0.4, -0.2) is 26.3 Å². The SMILES string of the molecule is O=C(OC(C(=O)NC1CC1)c1ccccc1)c1cccc(S(=O)(=O)Nc2ccc(F)cc2)c1. The molecule has 1 aliphatic rings. The third kappa shape index (κ3) is 5.75. The van der Waals surface area contributed by atoms with E-state index in [0.717, 1.165) is 31.0 Å². The Morgan fingerprint density at radius 1 is 0.939 bits per heavy atom. The second kappa shape index (κ2) is 9.41. The molecule has 4 rings (SSSR count). The van der Waals surface area contributed by atoms with E-state index in [-0.39, 0.29) is 22.2 Å². The quantitative estimate of drug-likeness (QED) is 0.490. The van der Waals surface area contributed by atoms with Crippen LogP contribution < -0.4 is 10.0 Å². The van der Waals surface area contributed by atoms with Crippen LogP contribution in [0.15, 0.2) is 83.8 Å². The smallest absolute Gasteiger partial charge is 0.339 e. The van der Waals surface area contributed by atoms with Gasteiger partial charge in [0.2, 0.25) is 6.10 Å². The average Bonchev–Trinajstić information content (AvgIpc) is 3.63. The number of carbonyl (C=O) groups is 2. The largest absolute Gasteiger partial charge is 0.444 e. The van der Waals surface area contributed by atoms with Gasteiger partial charge in [-0.2, -0.15) is 0 Å². The first kappa shape index (κ1) is 22.5. The fraction of sp³-hybridized carbons (Fsp3) is 0.167. The summed E-state index contributed by atoms with van der Waals surface area (Å²) in [5.41, 5.74) is 0.646.